The van der Waals surface area contributed by atoms with Crippen LogP contribution in [-0.2, 0) is 0 Å². The second-order valence-electron chi connectivity index (χ2n) is 9.76. The Kier molecular flexibility index (Phi) is 1.96. The Morgan fingerprint density at radius 3 is 1.79 bits per heavy atom. The molecule has 43 heavy (non-hydrogen) atoms. The molecule has 9 aromatic rings. The van der Waals surface area contributed by atoms with Crippen LogP contribution in [0.3, 0.4) is 0 Å². The van der Waals surface area contributed by atoms with Crippen LogP contribution < -0.4 is 4.74 Å². The Balaban J connectivity index is 1.43. The van der Waals surface area contributed by atoms with E-state index in [1.54, 1.807) is 0 Å². The molecule has 0 bridgehead atoms. The lowest BCUT2D eigenvalue weighted by Gasteiger charge is -2.22. The topological polar surface area (TPSA) is 9.23 Å². The van der Waals surface area contributed by atoms with E-state index >= 15 is 0 Å². The quantitative estimate of drug-likeness (QED) is 0.188. The fourth-order valence-corrected chi connectivity index (χ4v) is 5.64. The number of rotatable bonds is 2. The Morgan fingerprint density at radius 2 is 0.953 bits per heavy atom. The molecule has 1 nitrogen and oxygen atoms in total. The van der Waals surface area contributed by atoms with Gasteiger partial charge < -0.3 is 4.74 Å². The molecule has 1 heteroatoms. The first-order valence-corrected chi connectivity index (χ1v) is 12.9. The second kappa shape index (κ2) is 8.44. The summed E-state index contributed by atoms with van der Waals surface area (Å²) in [6.45, 7) is 0. The van der Waals surface area contributed by atoms with Gasteiger partial charge >= 0.3 is 0 Å². The number of hydrogen-bond acceptors (Lipinski definition) is 1. The number of hydrogen-bond donors (Lipinski definition) is 0. The van der Waals surface area contributed by atoms with Crippen molar-refractivity contribution in [3.63, 3.8) is 0 Å². The number of fused-ring (bicyclic) bond motifs is 3. The molecule has 0 amide bonds. The maximum Gasteiger partial charge on any atom is 0.135 e. The first-order chi connectivity index (χ1) is 31.3. The number of ether oxygens (including phenoxy) is 1. The molecule has 10 rings (SSSR count). The monoisotopic (exact) mass is 568 g/mol. The van der Waals surface area contributed by atoms with Crippen molar-refractivity contribution in [1.82, 2.24) is 0 Å². The summed E-state index contributed by atoms with van der Waals surface area (Å²) in [6, 6.07) is -19.3. The van der Waals surface area contributed by atoms with Crippen molar-refractivity contribution in [2.24, 2.45) is 0 Å². The molecule has 0 unspecified atom stereocenters. The number of benzene rings is 9. The Labute approximate surface area is 282 Å². The Morgan fingerprint density at radius 1 is 0.349 bits per heavy atom. The van der Waals surface area contributed by atoms with Crippen LogP contribution in [0.2, 0.25) is 0 Å². The highest BCUT2D eigenvalue weighted by atomic mass is 16.5. The molecule has 0 spiro atoms. The van der Waals surface area contributed by atoms with E-state index in [0.29, 0.717) is 0 Å². The molecule has 0 fully saturated rings. The summed E-state index contributed by atoms with van der Waals surface area (Å²) in [5.74, 6) is -1.12. The van der Waals surface area contributed by atoms with Crippen molar-refractivity contribution < 1.29 is 37.6 Å². The zero-order valence-corrected chi connectivity index (χ0v) is 21.4. The smallest absolute Gasteiger partial charge is 0.135 e. The largest absolute Gasteiger partial charge is 0.456 e. The van der Waals surface area contributed by atoms with Gasteiger partial charge in [0.2, 0.25) is 0 Å². The summed E-state index contributed by atoms with van der Waals surface area (Å²) in [6.07, 6.45) is 0. The molecule has 0 aromatic heterocycles. The van der Waals surface area contributed by atoms with E-state index in [2.05, 4.69) is 0 Å². The van der Waals surface area contributed by atoms with Crippen LogP contribution in [0.25, 0.3) is 87.2 Å². The van der Waals surface area contributed by atoms with Crippen LogP contribution >= 0.6 is 0 Å². The van der Waals surface area contributed by atoms with Gasteiger partial charge in [0.05, 0.1) is 32.9 Å². The third kappa shape index (κ3) is 3.17. The fraction of sp³-hybridized carbons (Fsp3) is 0. The minimum absolute atomic E-state index is 0.252. The predicted octanol–water partition coefficient (Wildman–Crippen LogP) is 12.0. The van der Waals surface area contributed by atoms with Crippen LogP contribution in [-0.4, -0.2) is 0 Å². The van der Waals surface area contributed by atoms with Crippen molar-refractivity contribution in [2.45, 2.75) is 0 Å². The Bertz CT molecular complexity index is 3900. The van der Waals surface area contributed by atoms with Crippen LogP contribution in [0.15, 0.2) is 145 Å². The summed E-state index contributed by atoms with van der Waals surface area (Å²) in [4.78, 5) is 0. The molecule has 1 heterocycles. The van der Waals surface area contributed by atoms with Crippen LogP contribution in [0.4, 0.5) is 0 Å². The van der Waals surface area contributed by atoms with E-state index in [4.69, 9.17) is 23.9 Å². The summed E-state index contributed by atoms with van der Waals surface area (Å²) < 4.78 is 222. The van der Waals surface area contributed by atoms with Gasteiger partial charge in [0.15, 0.2) is 0 Å². The summed E-state index contributed by atoms with van der Waals surface area (Å²) in [5, 5.41) is -4.24. The van der Waals surface area contributed by atoms with Gasteiger partial charge in [0.25, 0.3) is 0 Å². The van der Waals surface area contributed by atoms with Crippen molar-refractivity contribution in [2.75, 3.05) is 0 Å². The normalized spacial score (nSPS) is 20.2. The van der Waals surface area contributed by atoms with Gasteiger partial charge in [-0.25, -0.2) is 0 Å². The first kappa shape index (κ1) is 9.97. The van der Waals surface area contributed by atoms with E-state index in [-0.39, 0.29) is 26.9 Å². The van der Waals surface area contributed by atoms with Gasteiger partial charge in [-0.1, -0.05) is 127 Å². The molecule has 0 aliphatic carbocycles. The summed E-state index contributed by atoms with van der Waals surface area (Å²) >= 11 is 0. The molecule has 0 N–H and O–H groups in total. The van der Waals surface area contributed by atoms with Gasteiger partial charge in [0, 0.05) is 10.9 Å². The van der Waals surface area contributed by atoms with Gasteiger partial charge in [-0.15, -0.1) is 0 Å². The molecule has 9 aromatic carbocycles. The first-order valence-electron chi connectivity index (χ1n) is 24.9. The third-order valence-electron chi connectivity index (χ3n) is 7.51. The minimum Gasteiger partial charge on any atom is -0.456 e. The SMILES string of the molecule is [2H]c1c([2H])c(-c2c([2H])c([2H])c(-c3c([2H])c([2H])c4c([2H])c([2H])c5c([2H])c([2H])c([2H])c6c([2H])c([2H])c3c4c56)c3c([2H])c([2H])c([2H])c([2H])c23)c([2H])c2c1Oc1c([2H])c([2H])c([2H])c3c([2H])c([2H])c([2H])c-2c13. The second-order valence-corrected chi connectivity index (χ2v) is 9.76. The molecule has 0 radical (unpaired) electrons. The average molecular weight is 569 g/mol. The highest BCUT2D eigenvalue weighted by Gasteiger charge is 2.21. The van der Waals surface area contributed by atoms with E-state index in [1.807, 2.05) is 0 Å². The van der Waals surface area contributed by atoms with Crippen LogP contribution in [0, 0.1) is 0 Å². The molecule has 198 valence electrons. The third-order valence-corrected chi connectivity index (χ3v) is 7.51. The Hall–Kier alpha value is -5.66. The molecule has 1 aliphatic heterocycles. The van der Waals surface area contributed by atoms with Crippen molar-refractivity contribution in [3.05, 3.63) is 145 Å². The molecule has 0 atom stereocenters. The summed E-state index contributed by atoms with van der Waals surface area (Å²) in [7, 11) is 0. The van der Waals surface area contributed by atoms with Crippen molar-refractivity contribution in [1.29, 1.82) is 0 Å². The van der Waals surface area contributed by atoms with E-state index in [9.17, 15) is 13.7 Å². The van der Waals surface area contributed by atoms with Gasteiger partial charge in [-0.05, 0) is 94.4 Å². The van der Waals surface area contributed by atoms with E-state index in [0.717, 1.165) is 0 Å². The van der Waals surface area contributed by atoms with Crippen molar-refractivity contribution >= 4 is 53.9 Å². The highest BCUT2D eigenvalue weighted by Crippen LogP contribution is 2.48. The van der Waals surface area contributed by atoms with Gasteiger partial charge in [-0.3, -0.25) is 0 Å². The van der Waals surface area contributed by atoms with Crippen LogP contribution in [0.1, 0.15) is 32.9 Å². The standard InChI is InChI=1S/C42H24O/c1-2-11-32-31(10-1)30(29-18-23-38-37(24-29)35-12-4-8-25-9-5-13-39(43-38)41(25)35)21-22-33(32)34-19-16-28-15-14-26-6-3-7-27-17-20-36(34)42(28)40(26)27/h1-24H/i1D,2D,3D,4D,5D,6D,7D,8D,9D,10D,11D,12D,13D,14D,15D,16D,17D,18D,19D,20D,21D,22D,23D,24D. The van der Waals surface area contributed by atoms with Crippen LogP contribution in [0.5, 0.6) is 11.5 Å². The van der Waals surface area contributed by atoms with Gasteiger partial charge in [0.1, 0.15) is 11.5 Å². The molecular formula is C42H24O. The maximum absolute atomic E-state index is 9.66. The maximum atomic E-state index is 9.66. The lowest BCUT2D eigenvalue weighted by Crippen LogP contribution is -1.97. The van der Waals surface area contributed by atoms with E-state index in [1.165, 1.54) is 0 Å². The zero-order valence-electron chi connectivity index (χ0n) is 45.4. The molecule has 0 saturated heterocycles. The predicted molar refractivity (Wildman–Crippen MR) is 182 cm³/mol. The van der Waals surface area contributed by atoms with Crippen molar-refractivity contribution in [3.8, 4) is 44.9 Å². The fourth-order valence-electron chi connectivity index (χ4n) is 5.64. The lowest BCUT2D eigenvalue weighted by molar-refractivity contribution is 0.487. The zero-order chi connectivity index (χ0) is 49.0. The average Bonchev–Trinajstić information content (AvgIpc) is 3.29. The van der Waals surface area contributed by atoms with E-state index < -0.39 is 217 Å². The molecule has 1 aliphatic rings. The summed E-state index contributed by atoms with van der Waals surface area (Å²) in [5.41, 5.74) is -3.65. The lowest BCUT2D eigenvalue weighted by atomic mass is 9.86. The molecular weight excluding hydrogens is 520 g/mol. The molecule has 0 saturated carbocycles. The minimum atomic E-state index is -0.990. The highest BCUT2D eigenvalue weighted by molar-refractivity contribution is 6.26. The van der Waals surface area contributed by atoms with Gasteiger partial charge in [-0.2, -0.15) is 0 Å².